The maximum Gasteiger partial charge on any atom is 0.240 e. The number of nitrogens with zero attached hydrogens (tertiary/aromatic N) is 3. The average molecular weight is 258 g/mol. The number of hydrogen-bond acceptors (Lipinski definition) is 5. The summed E-state index contributed by atoms with van der Waals surface area (Å²) in [4.78, 5) is 6.73. The number of nitrogens with two attached hydrogens (primary N) is 1. The molecule has 0 bridgehead atoms. The van der Waals surface area contributed by atoms with Crippen LogP contribution in [-0.2, 0) is 13.1 Å². The zero-order valence-electron chi connectivity index (χ0n) is 10.9. The fourth-order valence-electron chi connectivity index (χ4n) is 2.46. The van der Waals surface area contributed by atoms with Crippen molar-refractivity contribution in [2.75, 3.05) is 13.1 Å². The van der Waals surface area contributed by atoms with Crippen molar-refractivity contribution >= 4 is 0 Å². The maximum atomic E-state index is 5.48. The van der Waals surface area contributed by atoms with E-state index < -0.39 is 0 Å². The molecule has 19 heavy (non-hydrogen) atoms. The smallest absolute Gasteiger partial charge is 0.240 e. The first-order valence-electron chi connectivity index (χ1n) is 6.69. The molecule has 0 atom stereocenters. The lowest BCUT2D eigenvalue weighted by Crippen LogP contribution is -2.18. The van der Waals surface area contributed by atoms with Crippen molar-refractivity contribution < 1.29 is 4.52 Å². The lowest BCUT2D eigenvalue weighted by Gasteiger charge is -2.14. The SMILES string of the molecule is NCc1nc(-c2cccc(CN3CCCC3)c2)no1. The van der Waals surface area contributed by atoms with E-state index in [1.54, 1.807) is 0 Å². The van der Waals surface area contributed by atoms with E-state index in [0.717, 1.165) is 12.1 Å². The Morgan fingerprint density at radius 3 is 2.84 bits per heavy atom. The summed E-state index contributed by atoms with van der Waals surface area (Å²) in [6.45, 7) is 3.67. The molecule has 2 aromatic rings. The van der Waals surface area contributed by atoms with Crippen LogP contribution in [0.5, 0.6) is 0 Å². The molecule has 2 N–H and O–H groups in total. The van der Waals surface area contributed by atoms with Gasteiger partial charge in [0.1, 0.15) is 0 Å². The molecule has 1 saturated heterocycles. The Kier molecular flexibility index (Phi) is 3.57. The van der Waals surface area contributed by atoms with Crippen molar-refractivity contribution in [3.8, 4) is 11.4 Å². The number of likely N-dealkylation sites (tertiary alicyclic amines) is 1. The van der Waals surface area contributed by atoms with Crippen molar-refractivity contribution in [1.29, 1.82) is 0 Å². The van der Waals surface area contributed by atoms with E-state index in [1.807, 2.05) is 12.1 Å². The van der Waals surface area contributed by atoms with Crippen LogP contribution in [0.25, 0.3) is 11.4 Å². The van der Waals surface area contributed by atoms with Gasteiger partial charge in [0.05, 0.1) is 6.54 Å². The third kappa shape index (κ3) is 2.83. The highest BCUT2D eigenvalue weighted by molar-refractivity contribution is 5.55. The molecule has 0 saturated carbocycles. The monoisotopic (exact) mass is 258 g/mol. The predicted molar refractivity (Wildman–Crippen MR) is 72.1 cm³/mol. The molecule has 1 fully saturated rings. The minimum Gasteiger partial charge on any atom is -0.338 e. The first-order chi connectivity index (χ1) is 9.35. The molecular weight excluding hydrogens is 240 g/mol. The van der Waals surface area contributed by atoms with E-state index in [2.05, 4.69) is 27.2 Å². The standard InChI is InChI=1S/C14H18N4O/c15-9-13-16-14(17-19-13)12-5-3-4-11(8-12)10-18-6-1-2-7-18/h3-5,8H,1-2,6-7,9-10,15H2. The zero-order chi connectivity index (χ0) is 13.1. The van der Waals surface area contributed by atoms with Crippen LogP contribution in [0.15, 0.2) is 28.8 Å². The van der Waals surface area contributed by atoms with E-state index in [9.17, 15) is 0 Å². The molecule has 0 radical (unpaired) electrons. The fourth-order valence-corrected chi connectivity index (χ4v) is 2.46. The summed E-state index contributed by atoms with van der Waals surface area (Å²) in [5.74, 6) is 1.09. The van der Waals surface area contributed by atoms with Gasteiger partial charge in [-0.25, -0.2) is 0 Å². The number of aromatic nitrogens is 2. The van der Waals surface area contributed by atoms with E-state index >= 15 is 0 Å². The molecule has 100 valence electrons. The van der Waals surface area contributed by atoms with Crippen molar-refractivity contribution in [2.24, 2.45) is 5.73 Å². The Bertz CT molecular complexity index is 546. The van der Waals surface area contributed by atoms with Gasteiger partial charge >= 0.3 is 0 Å². The molecule has 0 spiro atoms. The lowest BCUT2D eigenvalue weighted by molar-refractivity contribution is 0.331. The van der Waals surface area contributed by atoms with Crippen LogP contribution in [0.3, 0.4) is 0 Å². The highest BCUT2D eigenvalue weighted by atomic mass is 16.5. The molecule has 1 aliphatic rings. The second kappa shape index (κ2) is 5.50. The normalized spacial score (nSPS) is 16.1. The van der Waals surface area contributed by atoms with Crippen LogP contribution in [-0.4, -0.2) is 28.1 Å². The van der Waals surface area contributed by atoms with E-state index in [-0.39, 0.29) is 6.54 Å². The molecular formula is C14H18N4O. The fraction of sp³-hybridized carbons (Fsp3) is 0.429. The van der Waals surface area contributed by atoms with Crippen molar-refractivity contribution in [3.05, 3.63) is 35.7 Å². The number of hydrogen-bond donors (Lipinski definition) is 1. The first kappa shape index (κ1) is 12.3. The molecule has 1 aromatic carbocycles. The molecule has 5 nitrogen and oxygen atoms in total. The topological polar surface area (TPSA) is 68.2 Å². The van der Waals surface area contributed by atoms with Gasteiger partial charge in [-0.2, -0.15) is 4.98 Å². The molecule has 1 aromatic heterocycles. The van der Waals surface area contributed by atoms with Gasteiger partial charge in [0.15, 0.2) is 0 Å². The minimum absolute atomic E-state index is 0.278. The van der Waals surface area contributed by atoms with Crippen molar-refractivity contribution in [3.63, 3.8) is 0 Å². The van der Waals surface area contributed by atoms with Crippen LogP contribution in [0.1, 0.15) is 24.3 Å². The summed E-state index contributed by atoms with van der Waals surface area (Å²) in [5.41, 5.74) is 7.75. The molecule has 0 aliphatic carbocycles. The Hall–Kier alpha value is -1.72. The van der Waals surface area contributed by atoms with E-state index in [1.165, 1.54) is 31.5 Å². The van der Waals surface area contributed by atoms with Gasteiger partial charge in [-0.15, -0.1) is 0 Å². The Labute approximate surface area is 112 Å². The van der Waals surface area contributed by atoms with Crippen molar-refractivity contribution in [2.45, 2.75) is 25.9 Å². The maximum absolute atomic E-state index is 5.48. The van der Waals surface area contributed by atoms with Crippen LogP contribution in [0.2, 0.25) is 0 Å². The van der Waals surface area contributed by atoms with Gasteiger partial charge in [0.25, 0.3) is 0 Å². The van der Waals surface area contributed by atoms with Crippen molar-refractivity contribution in [1.82, 2.24) is 15.0 Å². The summed E-state index contributed by atoms with van der Waals surface area (Å²) in [6, 6.07) is 8.31. The molecule has 1 aliphatic heterocycles. The minimum atomic E-state index is 0.278. The van der Waals surface area contributed by atoms with Gasteiger partial charge in [0, 0.05) is 12.1 Å². The summed E-state index contributed by atoms with van der Waals surface area (Å²) < 4.78 is 5.04. The second-order valence-corrected chi connectivity index (χ2v) is 4.90. The third-order valence-electron chi connectivity index (χ3n) is 3.43. The largest absolute Gasteiger partial charge is 0.338 e. The van der Waals surface area contributed by atoms with Crippen LogP contribution < -0.4 is 5.73 Å². The molecule has 0 unspecified atom stereocenters. The first-order valence-corrected chi connectivity index (χ1v) is 6.69. The Balaban J connectivity index is 1.78. The molecule has 5 heteroatoms. The number of benzene rings is 1. The predicted octanol–water partition coefficient (Wildman–Crippen LogP) is 1.79. The molecule has 0 amide bonds. The van der Waals surface area contributed by atoms with Crippen LogP contribution in [0.4, 0.5) is 0 Å². The zero-order valence-corrected chi connectivity index (χ0v) is 10.9. The Morgan fingerprint density at radius 2 is 2.11 bits per heavy atom. The van der Waals surface area contributed by atoms with E-state index in [4.69, 9.17) is 10.3 Å². The van der Waals surface area contributed by atoms with Crippen LogP contribution in [0, 0.1) is 0 Å². The summed E-state index contributed by atoms with van der Waals surface area (Å²) in [5, 5.41) is 3.95. The van der Waals surface area contributed by atoms with Gasteiger partial charge in [0.2, 0.25) is 11.7 Å². The lowest BCUT2D eigenvalue weighted by atomic mass is 10.1. The van der Waals surface area contributed by atoms with Gasteiger partial charge in [-0.3, -0.25) is 4.90 Å². The van der Waals surface area contributed by atoms with Gasteiger partial charge < -0.3 is 10.3 Å². The van der Waals surface area contributed by atoms with Crippen LogP contribution >= 0.6 is 0 Å². The number of rotatable bonds is 4. The second-order valence-electron chi connectivity index (χ2n) is 4.90. The molecule has 2 heterocycles. The highest BCUT2D eigenvalue weighted by Gasteiger charge is 2.13. The summed E-state index contributed by atoms with van der Waals surface area (Å²) in [7, 11) is 0. The van der Waals surface area contributed by atoms with E-state index in [0.29, 0.717) is 11.7 Å². The average Bonchev–Trinajstić information content (AvgIpc) is 3.09. The third-order valence-corrected chi connectivity index (χ3v) is 3.43. The highest BCUT2D eigenvalue weighted by Crippen LogP contribution is 2.19. The van der Waals surface area contributed by atoms with Gasteiger partial charge in [-0.05, 0) is 37.6 Å². The van der Waals surface area contributed by atoms with Gasteiger partial charge in [-0.1, -0.05) is 23.4 Å². The quantitative estimate of drug-likeness (QED) is 0.905. The molecule has 3 rings (SSSR count). The Morgan fingerprint density at radius 1 is 1.26 bits per heavy atom. The summed E-state index contributed by atoms with van der Waals surface area (Å²) >= 11 is 0. The summed E-state index contributed by atoms with van der Waals surface area (Å²) in [6.07, 6.45) is 2.62.